The van der Waals surface area contributed by atoms with E-state index in [0.717, 1.165) is 61.9 Å². The zero-order valence-electron chi connectivity index (χ0n) is 20.4. The summed E-state index contributed by atoms with van der Waals surface area (Å²) >= 11 is 0. The van der Waals surface area contributed by atoms with Crippen molar-refractivity contribution < 1.29 is 14.6 Å². The number of likely N-dealkylation sites (tertiary alicyclic amines) is 2. The Morgan fingerprint density at radius 3 is 2.50 bits per heavy atom. The number of carbonyl (C=O) groups is 1. The van der Waals surface area contributed by atoms with Crippen molar-refractivity contribution in [3.8, 4) is 11.1 Å². The number of hydrogen-bond donors (Lipinski definition) is 2. The molecule has 3 atom stereocenters. The third-order valence-corrected chi connectivity index (χ3v) is 7.50. The van der Waals surface area contributed by atoms with Crippen LogP contribution in [0.25, 0.3) is 11.1 Å². The van der Waals surface area contributed by atoms with Gasteiger partial charge in [0.2, 0.25) is 0 Å². The summed E-state index contributed by atoms with van der Waals surface area (Å²) < 4.78 is 5.26. The number of ether oxygens (including phenoxy) is 1. The molecule has 2 heterocycles. The predicted octanol–water partition coefficient (Wildman–Crippen LogP) is 4.22. The van der Waals surface area contributed by atoms with Crippen LogP contribution in [0.4, 0.5) is 4.79 Å². The molecule has 0 spiro atoms. The minimum absolute atomic E-state index is 0.0334. The summed E-state index contributed by atoms with van der Waals surface area (Å²) in [6, 6.07) is 18.6. The Hall–Kier alpha value is -2.41. The number of benzene rings is 2. The van der Waals surface area contributed by atoms with E-state index in [0.29, 0.717) is 26.1 Å². The Morgan fingerprint density at radius 2 is 1.76 bits per heavy atom. The molecule has 6 heteroatoms. The molecule has 2 fully saturated rings. The van der Waals surface area contributed by atoms with Crippen LogP contribution >= 0.6 is 0 Å². The highest BCUT2D eigenvalue weighted by Crippen LogP contribution is 2.43. The van der Waals surface area contributed by atoms with E-state index in [9.17, 15) is 9.90 Å². The fourth-order valence-corrected chi connectivity index (χ4v) is 5.63. The largest absolute Gasteiger partial charge is 0.385 e. The van der Waals surface area contributed by atoms with E-state index in [2.05, 4.69) is 24.3 Å². The van der Waals surface area contributed by atoms with Gasteiger partial charge in [-0.3, -0.25) is 0 Å². The summed E-state index contributed by atoms with van der Waals surface area (Å²) in [4.78, 5) is 17.1. The maximum Gasteiger partial charge on any atom is 0.320 e. The summed E-state index contributed by atoms with van der Waals surface area (Å²) in [7, 11) is 1.71. The number of unbranched alkanes of at least 4 members (excludes halogenated alkanes) is 1. The van der Waals surface area contributed by atoms with Gasteiger partial charge >= 0.3 is 6.03 Å². The van der Waals surface area contributed by atoms with E-state index in [1.54, 1.807) is 7.11 Å². The average molecular weight is 466 g/mol. The molecule has 184 valence electrons. The first-order valence-corrected chi connectivity index (χ1v) is 12.7. The van der Waals surface area contributed by atoms with Gasteiger partial charge in [-0.1, -0.05) is 54.6 Å². The lowest BCUT2D eigenvalue weighted by Gasteiger charge is -2.44. The normalized spacial score (nSPS) is 22.6. The smallest absolute Gasteiger partial charge is 0.320 e. The maximum absolute atomic E-state index is 13.2. The molecule has 0 bridgehead atoms. The van der Waals surface area contributed by atoms with Crippen LogP contribution in [-0.4, -0.2) is 66.9 Å². The van der Waals surface area contributed by atoms with Crippen molar-refractivity contribution in [1.82, 2.24) is 9.80 Å². The van der Waals surface area contributed by atoms with Crippen molar-refractivity contribution >= 4 is 6.03 Å². The van der Waals surface area contributed by atoms with Crippen molar-refractivity contribution in [1.29, 1.82) is 0 Å². The van der Waals surface area contributed by atoms with Crippen LogP contribution in [0.1, 0.15) is 44.1 Å². The summed E-state index contributed by atoms with van der Waals surface area (Å²) in [5.74, 6) is -0.0334. The Bertz CT molecular complexity index is 938. The fraction of sp³-hybridized carbons (Fsp3) is 0.536. The Kier molecular flexibility index (Phi) is 8.24. The van der Waals surface area contributed by atoms with Gasteiger partial charge in [0.15, 0.2) is 0 Å². The van der Waals surface area contributed by atoms with Gasteiger partial charge in [-0.25, -0.2) is 4.79 Å². The highest BCUT2D eigenvalue weighted by atomic mass is 16.5. The summed E-state index contributed by atoms with van der Waals surface area (Å²) in [5, 5.41) is 12.4. The summed E-state index contributed by atoms with van der Waals surface area (Å²) in [6.07, 6.45) is 5.04. The Labute approximate surface area is 203 Å². The minimum Gasteiger partial charge on any atom is -0.385 e. The van der Waals surface area contributed by atoms with Gasteiger partial charge in [0.05, 0.1) is 5.60 Å². The highest BCUT2D eigenvalue weighted by molar-refractivity contribution is 5.75. The molecule has 34 heavy (non-hydrogen) atoms. The minimum atomic E-state index is -1.03. The van der Waals surface area contributed by atoms with Crippen LogP contribution in [0, 0.1) is 5.92 Å². The summed E-state index contributed by atoms with van der Waals surface area (Å²) in [6.45, 7) is 3.33. The zero-order valence-corrected chi connectivity index (χ0v) is 20.4. The predicted molar refractivity (Wildman–Crippen MR) is 135 cm³/mol. The molecule has 6 nitrogen and oxygen atoms in total. The SMILES string of the molecule is COCCCCC(O)(c1ccccc1-c1ccccc1)C1CCCN(C(=O)N2CCC(N)C2)C1. The van der Waals surface area contributed by atoms with Gasteiger partial charge in [-0.05, 0) is 55.2 Å². The maximum atomic E-state index is 13.2. The molecule has 2 aromatic carbocycles. The topological polar surface area (TPSA) is 79.0 Å². The molecule has 2 aromatic rings. The zero-order chi connectivity index (χ0) is 24.0. The monoisotopic (exact) mass is 465 g/mol. The van der Waals surface area contributed by atoms with Gasteiger partial charge in [-0.15, -0.1) is 0 Å². The van der Waals surface area contributed by atoms with Crippen LogP contribution in [0.5, 0.6) is 0 Å². The number of rotatable bonds is 8. The second-order valence-corrected chi connectivity index (χ2v) is 9.85. The van der Waals surface area contributed by atoms with Crippen molar-refractivity contribution in [3.05, 3.63) is 60.2 Å². The molecule has 4 rings (SSSR count). The van der Waals surface area contributed by atoms with Crippen LogP contribution in [0.3, 0.4) is 0 Å². The Balaban J connectivity index is 1.63. The molecule has 2 amide bonds. The lowest BCUT2D eigenvalue weighted by molar-refractivity contribution is -0.0571. The molecule has 3 unspecified atom stereocenters. The number of nitrogens with zero attached hydrogens (tertiary/aromatic N) is 2. The van der Waals surface area contributed by atoms with Crippen molar-refractivity contribution in [2.75, 3.05) is 39.9 Å². The third-order valence-electron chi connectivity index (χ3n) is 7.50. The number of urea groups is 1. The lowest BCUT2D eigenvalue weighted by Crippen LogP contribution is -2.51. The van der Waals surface area contributed by atoms with Gasteiger partial charge in [0.1, 0.15) is 0 Å². The molecule has 3 N–H and O–H groups in total. The molecule has 2 saturated heterocycles. The van der Waals surface area contributed by atoms with Gasteiger partial charge < -0.3 is 25.4 Å². The van der Waals surface area contributed by atoms with Gasteiger partial charge in [-0.2, -0.15) is 0 Å². The van der Waals surface area contributed by atoms with Gasteiger partial charge in [0, 0.05) is 51.9 Å². The van der Waals surface area contributed by atoms with Crippen molar-refractivity contribution in [3.63, 3.8) is 0 Å². The van der Waals surface area contributed by atoms with Crippen LogP contribution in [0.15, 0.2) is 54.6 Å². The number of methoxy groups -OCH3 is 1. The molecule has 2 aliphatic rings. The van der Waals surface area contributed by atoms with E-state index in [1.807, 2.05) is 40.1 Å². The molecule has 0 aliphatic carbocycles. The first-order valence-electron chi connectivity index (χ1n) is 12.7. The number of nitrogens with two attached hydrogens (primary N) is 1. The van der Waals surface area contributed by atoms with E-state index in [1.165, 1.54) is 0 Å². The second kappa shape index (κ2) is 11.3. The van der Waals surface area contributed by atoms with Crippen LogP contribution < -0.4 is 5.73 Å². The number of hydrogen-bond acceptors (Lipinski definition) is 4. The van der Waals surface area contributed by atoms with Crippen LogP contribution in [0.2, 0.25) is 0 Å². The van der Waals surface area contributed by atoms with E-state index >= 15 is 0 Å². The second-order valence-electron chi connectivity index (χ2n) is 9.85. The number of amides is 2. The Morgan fingerprint density at radius 1 is 1.03 bits per heavy atom. The fourth-order valence-electron chi connectivity index (χ4n) is 5.63. The van der Waals surface area contributed by atoms with Crippen molar-refractivity contribution in [2.24, 2.45) is 11.7 Å². The lowest BCUT2D eigenvalue weighted by atomic mass is 9.72. The number of carbonyl (C=O) groups excluding carboxylic acids is 1. The molecular weight excluding hydrogens is 426 g/mol. The molecule has 0 aromatic heterocycles. The van der Waals surface area contributed by atoms with E-state index in [-0.39, 0.29) is 18.0 Å². The molecule has 0 saturated carbocycles. The van der Waals surface area contributed by atoms with E-state index in [4.69, 9.17) is 10.5 Å². The molecule has 2 aliphatic heterocycles. The first-order chi connectivity index (χ1) is 16.5. The third kappa shape index (κ3) is 5.45. The standard InChI is InChI=1S/C28H39N3O3/c1-34-19-8-7-16-28(33,26-14-6-5-13-25(26)22-10-3-2-4-11-22)23-12-9-17-30(20-23)27(32)31-18-15-24(29)21-31/h2-6,10-11,13-14,23-24,33H,7-9,12,15-21,29H2,1H3. The van der Waals surface area contributed by atoms with Crippen molar-refractivity contribution in [2.45, 2.75) is 50.2 Å². The molecule has 0 radical (unpaired) electrons. The number of aliphatic hydroxyl groups is 1. The molecular formula is C28H39N3O3. The first kappa shape index (κ1) is 24.7. The highest BCUT2D eigenvalue weighted by Gasteiger charge is 2.43. The average Bonchev–Trinajstić information content (AvgIpc) is 3.33. The number of piperidine rings is 1. The quantitative estimate of drug-likeness (QED) is 0.572. The van der Waals surface area contributed by atoms with E-state index < -0.39 is 5.60 Å². The van der Waals surface area contributed by atoms with Crippen LogP contribution in [-0.2, 0) is 10.3 Å². The van der Waals surface area contributed by atoms with Gasteiger partial charge in [0.25, 0.3) is 0 Å². The summed E-state index contributed by atoms with van der Waals surface area (Å²) in [5.41, 5.74) is 8.15.